The van der Waals surface area contributed by atoms with E-state index in [1.807, 2.05) is 0 Å². The number of amides is 1. The second kappa shape index (κ2) is 25.0. The third-order valence-corrected chi connectivity index (χ3v) is 6.39. The molecular weight excluding hydrogens is 452 g/mol. The van der Waals surface area contributed by atoms with E-state index in [1.54, 1.807) is 0 Å². The average Bonchev–Trinajstić information content (AvgIpc) is 2.67. The van der Waals surface area contributed by atoms with Crippen LogP contribution in [-0.4, -0.2) is 36.6 Å². The van der Waals surface area contributed by atoms with Crippen molar-refractivity contribution in [1.82, 2.24) is 5.32 Å². The zero-order chi connectivity index (χ0) is 22.7. The first kappa shape index (κ1) is 37.4. The van der Waals surface area contributed by atoms with E-state index in [4.69, 9.17) is 0 Å². The average molecular weight is 494 g/mol. The van der Waals surface area contributed by atoms with Gasteiger partial charge in [-0.2, -0.15) is 0 Å². The molecule has 0 rings (SSSR count). The van der Waals surface area contributed by atoms with Crippen molar-refractivity contribution in [2.24, 2.45) is 0 Å². The van der Waals surface area contributed by atoms with Gasteiger partial charge in [-0.3, -0.25) is 4.79 Å². The van der Waals surface area contributed by atoms with Crippen LogP contribution in [0.2, 0.25) is 0 Å². The molecule has 0 radical (unpaired) electrons. The van der Waals surface area contributed by atoms with Crippen LogP contribution < -0.4 is 69.5 Å². The van der Waals surface area contributed by atoms with E-state index in [0.717, 1.165) is 25.7 Å². The number of carbonyl (C=O) groups excluding carboxylic acids is 2. The molecule has 0 aromatic rings. The molecule has 178 valence electrons. The van der Waals surface area contributed by atoms with Crippen LogP contribution in [0.25, 0.3) is 0 Å². The Labute approximate surface area is 240 Å². The molecule has 0 spiro atoms. The number of unbranched alkanes of at least 4 members (excludes halogenated alkanes) is 15. The van der Waals surface area contributed by atoms with Gasteiger partial charge in [0.15, 0.2) is 0 Å². The maximum Gasteiger partial charge on any atom is 1.00 e. The Kier molecular flexibility index (Phi) is 29.2. The number of aliphatic carboxylic acids is 1. The minimum atomic E-state index is -5.09. The molecule has 0 heterocycles. The summed E-state index contributed by atoms with van der Waals surface area (Å²) < 4.78 is 32.4. The van der Waals surface area contributed by atoms with Crippen LogP contribution in [0, 0.1) is 0 Å². The summed E-state index contributed by atoms with van der Waals surface area (Å²) in [6, 6.07) is 0. The van der Waals surface area contributed by atoms with Gasteiger partial charge in [0, 0.05) is 13.0 Å². The Bertz CT molecular complexity index is 561. The minimum Gasteiger partial charge on any atom is -0.747 e. The molecule has 32 heavy (non-hydrogen) atoms. The largest absolute Gasteiger partial charge is 1.00 e. The van der Waals surface area contributed by atoms with Gasteiger partial charge in [0.1, 0.15) is 10.1 Å². The van der Waals surface area contributed by atoms with Crippen molar-refractivity contribution in [2.45, 2.75) is 121 Å². The van der Waals surface area contributed by atoms with E-state index in [2.05, 4.69) is 12.2 Å². The Balaban J connectivity index is -0.00000420. The van der Waals surface area contributed by atoms with Gasteiger partial charge < -0.3 is 19.8 Å². The summed E-state index contributed by atoms with van der Waals surface area (Å²) in [6.07, 6.45) is 19.1. The van der Waals surface area contributed by atoms with Crippen LogP contribution in [-0.2, 0) is 19.7 Å². The van der Waals surface area contributed by atoms with Gasteiger partial charge in [0.2, 0.25) is 5.91 Å². The van der Waals surface area contributed by atoms with Gasteiger partial charge in [0.25, 0.3) is 0 Å². The van der Waals surface area contributed by atoms with E-state index in [0.29, 0.717) is 6.54 Å². The van der Waals surface area contributed by atoms with Gasteiger partial charge in [0.05, 0.1) is 11.2 Å². The Hall–Kier alpha value is 0.850. The molecule has 0 aromatic heterocycles. The van der Waals surface area contributed by atoms with E-state index in [1.165, 1.54) is 77.0 Å². The first-order valence-corrected chi connectivity index (χ1v) is 13.2. The molecule has 0 aliphatic carbocycles. The molecule has 0 unspecified atom stereocenters. The van der Waals surface area contributed by atoms with Crippen molar-refractivity contribution in [3.8, 4) is 0 Å². The Morgan fingerprint density at radius 1 is 0.719 bits per heavy atom. The molecule has 10 heteroatoms. The normalized spacial score (nSPS) is 11.8. The van der Waals surface area contributed by atoms with Gasteiger partial charge >= 0.3 is 59.1 Å². The van der Waals surface area contributed by atoms with Crippen LogP contribution in [0.15, 0.2) is 0 Å². The van der Waals surface area contributed by atoms with E-state index < -0.39 is 33.7 Å². The van der Waals surface area contributed by atoms with Crippen molar-refractivity contribution in [3.05, 3.63) is 0 Å². The summed E-state index contributed by atoms with van der Waals surface area (Å²) in [5.41, 5.74) is 0. The summed E-state index contributed by atoms with van der Waals surface area (Å²) >= 11 is 0. The predicted molar refractivity (Wildman–Crippen MR) is 116 cm³/mol. The molecule has 0 saturated carbocycles. The Morgan fingerprint density at radius 3 is 1.38 bits per heavy atom. The van der Waals surface area contributed by atoms with Gasteiger partial charge in [-0.1, -0.05) is 103 Å². The third kappa shape index (κ3) is 24.0. The maximum absolute atomic E-state index is 11.6. The van der Waals surface area contributed by atoms with Crippen LogP contribution >= 0.6 is 0 Å². The Morgan fingerprint density at radius 2 is 1.06 bits per heavy atom. The quantitative estimate of drug-likeness (QED) is 0.106. The molecule has 0 saturated heterocycles. The van der Waals surface area contributed by atoms with Gasteiger partial charge in [-0.25, -0.2) is 8.42 Å². The molecule has 0 bridgehead atoms. The standard InChI is InChI=1S/C22H43NO6S.2Na/c1-2-3-4-5-6-7-8-9-10-11-12-13-14-15-16-17-18-23-21(24)19-20(22(25)26)30(27,28)29;;/h20H,2-19H2,1H3,(H,23,24)(H,25,26)(H,27,28,29);;/q;2*+1/p-2/t20-;;/m0../s1. The second-order valence-electron chi connectivity index (χ2n) is 8.16. The van der Waals surface area contributed by atoms with Crippen molar-refractivity contribution in [3.63, 3.8) is 0 Å². The number of carbonyl (C=O) groups is 2. The topological polar surface area (TPSA) is 126 Å². The molecule has 0 fully saturated rings. The number of carboxylic acids is 1. The van der Waals surface area contributed by atoms with Crippen molar-refractivity contribution in [1.29, 1.82) is 0 Å². The number of rotatable bonds is 21. The van der Waals surface area contributed by atoms with Crippen LogP contribution in [0.4, 0.5) is 0 Å². The SMILES string of the molecule is CCCCCCCCCCCCCCCCCCNC(=O)C[C@@H](C(=O)[O-])S(=O)(=O)[O-].[Na+].[Na+]. The van der Waals surface area contributed by atoms with Crippen molar-refractivity contribution >= 4 is 22.0 Å². The molecule has 1 N–H and O–H groups in total. The van der Waals surface area contributed by atoms with Gasteiger partial charge in [-0.15, -0.1) is 0 Å². The number of nitrogens with one attached hydrogen (secondary N) is 1. The fourth-order valence-electron chi connectivity index (χ4n) is 3.44. The molecule has 7 nitrogen and oxygen atoms in total. The second-order valence-corrected chi connectivity index (χ2v) is 9.71. The first-order valence-electron chi connectivity index (χ1n) is 11.7. The number of hydrogen-bond acceptors (Lipinski definition) is 6. The summed E-state index contributed by atoms with van der Waals surface area (Å²) in [5.74, 6) is -2.80. The smallest absolute Gasteiger partial charge is 0.747 e. The predicted octanol–water partition coefficient (Wildman–Crippen LogP) is -2.57. The fourth-order valence-corrected chi connectivity index (χ4v) is 4.04. The maximum atomic E-state index is 11.6. The molecule has 0 aliphatic rings. The van der Waals surface area contributed by atoms with Crippen LogP contribution in [0.5, 0.6) is 0 Å². The monoisotopic (exact) mass is 493 g/mol. The fraction of sp³-hybridized carbons (Fsp3) is 0.909. The summed E-state index contributed by atoms with van der Waals surface area (Å²) in [5, 5.41) is 10.8. The molecule has 1 atom stereocenters. The van der Waals surface area contributed by atoms with Crippen LogP contribution in [0.1, 0.15) is 116 Å². The molecule has 0 aliphatic heterocycles. The van der Waals surface area contributed by atoms with E-state index >= 15 is 0 Å². The minimum absolute atomic E-state index is 0. The zero-order valence-electron chi connectivity index (χ0n) is 20.7. The summed E-state index contributed by atoms with van der Waals surface area (Å²) in [4.78, 5) is 22.2. The third-order valence-electron chi connectivity index (χ3n) is 5.33. The van der Waals surface area contributed by atoms with E-state index in [-0.39, 0.29) is 59.1 Å². The van der Waals surface area contributed by atoms with Gasteiger partial charge in [-0.05, 0) is 6.42 Å². The van der Waals surface area contributed by atoms with Crippen molar-refractivity contribution < 1.29 is 86.8 Å². The van der Waals surface area contributed by atoms with Crippen LogP contribution in [0.3, 0.4) is 0 Å². The van der Waals surface area contributed by atoms with Crippen molar-refractivity contribution in [2.75, 3.05) is 6.54 Å². The number of hydrogen-bond donors (Lipinski definition) is 1. The summed E-state index contributed by atoms with van der Waals surface area (Å²) in [6.45, 7) is 2.59. The molecular formula is C22H41NNa2O6S. The first-order chi connectivity index (χ1) is 14.3. The summed E-state index contributed by atoms with van der Waals surface area (Å²) in [7, 11) is -5.09. The molecule has 1 amide bonds. The molecule has 0 aromatic carbocycles. The number of carboxylic acid groups (broad SMARTS) is 1. The zero-order valence-corrected chi connectivity index (χ0v) is 25.5. The van der Waals surface area contributed by atoms with E-state index in [9.17, 15) is 27.7 Å².